The van der Waals surface area contributed by atoms with E-state index in [4.69, 9.17) is 10.6 Å². The van der Waals surface area contributed by atoms with Gasteiger partial charge in [-0.2, -0.15) is 0 Å². The van der Waals surface area contributed by atoms with E-state index in [2.05, 4.69) is 20.4 Å². The number of nitrogens with two attached hydrogens (primary N) is 1. The summed E-state index contributed by atoms with van der Waals surface area (Å²) in [6.07, 6.45) is 0.909. The molecule has 94 valence electrons. The summed E-state index contributed by atoms with van der Waals surface area (Å²) < 4.78 is 0. The third-order valence-electron chi connectivity index (χ3n) is 2.13. The summed E-state index contributed by atoms with van der Waals surface area (Å²) in [5, 5.41) is 6.54. The highest BCUT2D eigenvalue weighted by Gasteiger charge is 2.02. The van der Waals surface area contributed by atoms with Crippen LogP contribution in [0.25, 0.3) is 0 Å². The Bertz CT molecular complexity index is 385. The second-order valence-electron chi connectivity index (χ2n) is 3.90. The lowest BCUT2D eigenvalue weighted by molar-refractivity contribution is 0.0696. The van der Waals surface area contributed by atoms with Crippen LogP contribution >= 0.6 is 0 Å². The molecule has 1 aromatic heterocycles. The number of guanidine groups is 1. The van der Waals surface area contributed by atoms with Crippen molar-refractivity contribution in [1.82, 2.24) is 9.97 Å². The van der Waals surface area contributed by atoms with Gasteiger partial charge in [0, 0.05) is 11.4 Å². The third-order valence-corrected chi connectivity index (χ3v) is 2.13. The van der Waals surface area contributed by atoms with Crippen LogP contribution < -0.4 is 11.1 Å². The first-order valence-corrected chi connectivity index (χ1v) is 5.60. The summed E-state index contributed by atoms with van der Waals surface area (Å²) in [5.41, 5.74) is 7.38. The van der Waals surface area contributed by atoms with Gasteiger partial charge in [0.15, 0.2) is 0 Å². The minimum absolute atomic E-state index is 0.0375. The summed E-state index contributed by atoms with van der Waals surface area (Å²) in [4.78, 5) is 13.5. The Morgan fingerprint density at radius 3 is 2.59 bits per heavy atom. The number of hydrogen-bond acceptors (Lipinski definition) is 4. The summed E-state index contributed by atoms with van der Waals surface area (Å²) in [6.45, 7) is 7.71. The van der Waals surface area contributed by atoms with Crippen molar-refractivity contribution in [2.75, 3.05) is 5.32 Å². The third kappa shape index (κ3) is 4.67. The fourth-order valence-electron chi connectivity index (χ4n) is 1.14. The largest absolute Gasteiger partial charge is 0.390 e. The fourth-order valence-corrected chi connectivity index (χ4v) is 1.14. The predicted octanol–water partition coefficient (Wildman–Crippen LogP) is 1.55. The van der Waals surface area contributed by atoms with Gasteiger partial charge in [0.1, 0.15) is 6.10 Å². The van der Waals surface area contributed by atoms with E-state index in [1.807, 2.05) is 33.8 Å². The van der Waals surface area contributed by atoms with Gasteiger partial charge >= 0.3 is 0 Å². The number of oxime groups is 1. The monoisotopic (exact) mass is 237 g/mol. The van der Waals surface area contributed by atoms with E-state index in [9.17, 15) is 0 Å². The first kappa shape index (κ1) is 13.2. The number of rotatable bonds is 4. The molecule has 0 radical (unpaired) electrons. The molecule has 0 aromatic carbocycles. The molecule has 3 N–H and O–H groups in total. The molecule has 6 heteroatoms. The van der Waals surface area contributed by atoms with Gasteiger partial charge in [0.05, 0.1) is 0 Å². The van der Waals surface area contributed by atoms with Crippen LogP contribution in [-0.4, -0.2) is 22.0 Å². The highest BCUT2D eigenvalue weighted by molar-refractivity contribution is 5.90. The van der Waals surface area contributed by atoms with Crippen molar-refractivity contribution in [2.45, 2.75) is 40.2 Å². The number of aryl methyl sites for hydroxylation is 2. The lowest BCUT2D eigenvalue weighted by Gasteiger charge is -2.08. The van der Waals surface area contributed by atoms with E-state index in [1.165, 1.54) is 0 Å². The Labute approximate surface area is 101 Å². The van der Waals surface area contributed by atoms with E-state index in [-0.39, 0.29) is 12.1 Å². The second-order valence-corrected chi connectivity index (χ2v) is 3.90. The molecule has 1 heterocycles. The zero-order valence-corrected chi connectivity index (χ0v) is 10.7. The van der Waals surface area contributed by atoms with Crippen molar-refractivity contribution in [3.8, 4) is 0 Å². The molecule has 6 nitrogen and oxygen atoms in total. The Kier molecular flexibility index (Phi) is 4.68. The van der Waals surface area contributed by atoms with E-state index < -0.39 is 0 Å². The van der Waals surface area contributed by atoms with Crippen LogP contribution in [0.5, 0.6) is 0 Å². The van der Waals surface area contributed by atoms with Gasteiger partial charge in [-0.25, -0.2) is 9.97 Å². The maximum absolute atomic E-state index is 5.64. The van der Waals surface area contributed by atoms with Gasteiger partial charge in [-0.3, -0.25) is 5.32 Å². The molecule has 1 aromatic rings. The van der Waals surface area contributed by atoms with Crippen molar-refractivity contribution < 1.29 is 4.84 Å². The standard InChI is InChI=1S/C11H19N5O/c1-5-9(4)17-16-10(12)15-11-13-7(2)6-8(3)14-11/h6,9H,5H2,1-4H3,(H3,12,13,14,15,16). The molecular weight excluding hydrogens is 218 g/mol. The van der Waals surface area contributed by atoms with Gasteiger partial charge in [-0.05, 0) is 38.4 Å². The van der Waals surface area contributed by atoms with E-state index in [0.29, 0.717) is 5.95 Å². The summed E-state index contributed by atoms with van der Waals surface area (Å²) >= 11 is 0. The molecule has 0 aliphatic rings. The van der Waals surface area contributed by atoms with Crippen molar-refractivity contribution in [3.05, 3.63) is 17.5 Å². The zero-order chi connectivity index (χ0) is 12.8. The lowest BCUT2D eigenvalue weighted by atomic mass is 10.3. The Hall–Kier alpha value is -1.85. The summed E-state index contributed by atoms with van der Waals surface area (Å²) in [6, 6.07) is 1.88. The van der Waals surface area contributed by atoms with Crippen molar-refractivity contribution >= 4 is 11.9 Å². The van der Waals surface area contributed by atoms with Gasteiger partial charge in [-0.1, -0.05) is 6.92 Å². The van der Waals surface area contributed by atoms with E-state index in [0.717, 1.165) is 17.8 Å². The number of nitrogens with one attached hydrogen (secondary N) is 1. The molecule has 0 aliphatic carbocycles. The molecule has 0 saturated carbocycles. The quantitative estimate of drug-likeness (QED) is 0.471. The highest BCUT2D eigenvalue weighted by atomic mass is 16.6. The Morgan fingerprint density at radius 2 is 2.06 bits per heavy atom. The van der Waals surface area contributed by atoms with Gasteiger partial charge in [0.2, 0.25) is 11.9 Å². The van der Waals surface area contributed by atoms with Crippen LogP contribution in [0.2, 0.25) is 0 Å². The first-order chi connectivity index (χ1) is 8.01. The molecule has 1 atom stereocenters. The summed E-state index contributed by atoms with van der Waals surface area (Å²) in [7, 11) is 0. The number of anilines is 1. The number of hydrogen-bond donors (Lipinski definition) is 2. The first-order valence-electron chi connectivity index (χ1n) is 5.60. The molecule has 17 heavy (non-hydrogen) atoms. The number of aromatic nitrogens is 2. The molecule has 1 rings (SSSR count). The fraction of sp³-hybridized carbons (Fsp3) is 0.545. The van der Waals surface area contributed by atoms with Crippen LogP contribution in [0.15, 0.2) is 11.2 Å². The molecule has 1 unspecified atom stereocenters. The molecule has 0 spiro atoms. The van der Waals surface area contributed by atoms with Crippen molar-refractivity contribution in [2.24, 2.45) is 10.9 Å². The van der Waals surface area contributed by atoms with Crippen LogP contribution in [-0.2, 0) is 4.84 Å². The zero-order valence-electron chi connectivity index (χ0n) is 10.7. The molecule has 0 saturated heterocycles. The van der Waals surface area contributed by atoms with Gasteiger partial charge in [-0.15, -0.1) is 0 Å². The van der Waals surface area contributed by atoms with Crippen molar-refractivity contribution in [1.29, 1.82) is 0 Å². The van der Waals surface area contributed by atoms with Crippen molar-refractivity contribution in [3.63, 3.8) is 0 Å². The van der Waals surface area contributed by atoms with Crippen LogP contribution in [0, 0.1) is 13.8 Å². The average Bonchev–Trinajstić information content (AvgIpc) is 2.24. The lowest BCUT2D eigenvalue weighted by Crippen LogP contribution is -2.25. The second kappa shape index (κ2) is 6.03. The van der Waals surface area contributed by atoms with Gasteiger partial charge in [0.25, 0.3) is 0 Å². The maximum atomic E-state index is 5.64. The summed E-state index contributed by atoms with van der Waals surface area (Å²) in [5.74, 6) is 0.576. The van der Waals surface area contributed by atoms with Gasteiger partial charge < -0.3 is 10.6 Å². The number of nitrogens with zero attached hydrogens (tertiary/aromatic N) is 3. The van der Waals surface area contributed by atoms with Crippen LogP contribution in [0.4, 0.5) is 5.95 Å². The molecular formula is C11H19N5O. The molecule has 0 bridgehead atoms. The normalized spacial score (nSPS) is 13.3. The Morgan fingerprint density at radius 1 is 1.47 bits per heavy atom. The maximum Gasteiger partial charge on any atom is 0.237 e. The van der Waals surface area contributed by atoms with E-state index >= 15 is 0 Å². The topological polar surface area (TPSA) is 85.4 Å². The van der Waals surface area contributed by atoms with E-state index in [1.54, 1.807) is 0 Å². The molecule has 0 amide bonds. The van der Waals surface area contributed by atoms with Crippen LogP contribution in [0.3, 0.4) is 0 Å². The SMILES string of the molecule is CCC(C)O/N=C(\N)Nc1nc(C)cc(C)n1. The minimum Gasteiger partial charge on any atom is -0.390 e. The molecule has 0 aliphatic heterocycles. The average molecular weight is 237 g/mol. The smallest absolute Gasteiger partial charge is 0.237 e. The highest BCUT2D eigenvalue weighted by Crippen LogP contribution is 2.03. The minimum atomic E-state index is 0.0375. The van der Waals surface area contributed by atoms with Crippen LogP contribution in [0.1, 0.15) is 31.7 Å². The molecule has 0 fully saturated rings. The predicted molar refractivity (Wildman–Crippen MR) is 67.6 cm³/mol. The Balaban J connectivity index is 2.64.